The Morgan fingerprint density at radius 3 is 2.07 bits per heavy atom. The smallest absolute Gasteiger partial charge is 0.418 e. The summed E-state index contributed by atoms with van der Waals surface area (Å²) in [5, 5.41) is 0. The van der Waals surface area contributed by atoms with Crippen molar-refractivity contribution in [2.45, 2.75) is 33.4 Å². The summed E-state index contributed by atoms with van der Waals surface area (Å²) in [6.07, 6.45) is 7.57. The third kappa shape index (κ3) is 9.30. The van der Waals surface area contributed by atoms with Crippen molar-refractivity contribution in [3.63, 3.8) is 0 Å². The van der Waals surface area contributed by atoms with Crippen LogP contribution in [0.2, 0.25) is 0 Å². The van der Waals surface area contributed by atoms with Gasteiger partial charge in [0.05, 0.1) is 13.1 Å². The average molecular weight is 226 g/mol. The second-order valence-corrected chi connectivity index (χ2v) is 2.98. The maximum atomic E-state index is 9.75. The minimum absolute atomic E-state index is 1.07. The van der Waals surface area contributed by atoms with Crippen LogP contribution in [0.5, 0.6) is 0 Å². The number of nitrogens with zero attached hydrogens (tertiary/aromatic N) is 2. The Hall–Kier alpha value is -1.01. The van der Waals surface area contributed by atoms with E-state index in [0.717, 1.165) is 13.1 Å². The summed E-state index contributed by atoms with van der Waals surface area (Å²) >= 11 is 0. The van der Waals surface area contributed by atoms with Gasteiger partial charge in [0.15, 0.2) is 0 Å². The molecule has 0 radical (unpaired) electrons. The van der Waals surface area contributed by atoms with Gasteiger partial charge < -0.3 is 17.3 Å². The van der Waals surface area contributed by atoms with Crippen LogP contribution in [0.25, 0.3) is 0 Å². The number of rotatable bonds is 3. The molecule has 0 N–H and O–H groups in total. The number of imidazole rings is 1. The summed E-state index contributed by atoms with van der Waals surface area (Å²) in [7, 11) is -6.00. The highest BCUT2D eigenvalue weighted by Crippen LogP contribution is 2.06. The van der Waals surface area contributed by atoms with E-state index in [1.165, 1.54) is 6.42 Å². The maximum absolute atomic E-state index is 9.75. The average Bonchev–Trinajstić information content (AvgIpc) is 2.50. The molecular weight excluding hydrogens is 211 g/mol. The quantitative estimate of drug-likeness (QED) is 0.425. The third-order valence-electron chi connectivity index (χ3n) is 1.59. The lowest BCUT2D eigenvalue weighted by atomic mass is 10.3. The fourth-order valence-corrected chi connectivity index (χ4v) is 1.02. The van der Waals surface area contributed by atoms with Gasteiger partial charge in [-0.15, -0.1) is 0 Å². The fraction of sp³-hybridized carbons (Fsp3) is 0.625. The van der Waals surface area contributed by atoms with E-state index in [9.17, 15) is 17.3 Å². The van der Waals surface area contributed by atoms with E-state index in [4.69, 9.17) is 0 Å². The highest BCUT2D eigenvalue weighted by molar-refractivity contribution is 6.50. The third-order valence-corrected chi connectivity index (χ3v) is 1.59. The lowest BCUT2D eigenvalue weighted by Crippen LogP contribution is -2.28. The van der Waals surface area contributed by atoms with E-state index in [-0.39, 0.29) is 0 Å². The minimum Gasteiger partial charge on any atom is -0.418 e. The lowest BCUT2D eigenvalue weighted by molar-refractivity contribution is -0.693. The Morgan fingerprint density at radius 1 is 1.20 bits per heavy atom. The van der Waals surface area contributed by atoms with Crippen molar-refractivity contribution in [2.75, 3.05) is 0 Å². The van der Waals surface area contributed by atoms with Crippen molar-refractivity contribution in [1.29, 1.82) is 0 Å². The molecule has 0 spiro atoms. The van der Waals surface area contributed by atoms with Crippen molar-refractivity contribution < 1.29 is 21.8 Å². The molecule has 7 heteroatoms. The van der Waals surface area contributed by atoms with Gasteiger partial charge >= 0.3 is 7.25 Å². The van der Waals surface area contributed by atoms with Crippen LogP contribution in [0.3, 0.4) is 0 Å². The van der Waals surface area contributed by atoms with Gasteiger partial charge in [-0.1, -0.05) is 6.92 Å². The van der Waals surface area contributed by atoms with Crippen molar-refractivity contribution in [3.05, 3.63) is 18.7 Å². The van der Waals surface area contributed by atoms with Gasteiger partial charge in [0, 0.05) is 0 Å². The number of aryl methyl sites for hydroxylation is 2. The van der Waals surface area contributed by atoms with Crippen LogP contribution in [0, 0.1) is 0 Å². The Morgan fingerprint density at radius 2 is 1.73 bits per heavy atom. The summed E-state index contributed by atoms with van der Waals surface area (Å²) in [4.78, 5) is 0. The molecule has 15 heavy (non-hydrogen) atoms. The number of aromatic nitrogens is 2. The highest BCUT2D eigenvalue weighted by Gasteiger charge is 2.20. The topological polar surface area (TPSA) is 8.81 Å². The molecule has 2 nitrogen and oxygen atoms in total. The molecule has 1 rings (SSSR count). The van der Waals surface area contributed by atoms with Gasteiger partial charge in [-0.2, -0.15) is 0 Å². The maximum Gasteiger partial charge on any atom is 0.673 e. The fourth-order valence-electron chi connectivity index (χ4n) is 1.02. The normalized spacial score (nSPS) is 10.8. The molecule has 0 atom stereocenters. The molecule has 0 aliphatic carbocycles. The molecule has 0 saturated carbocycles. The molecule has 1 aromatic rings. The summed E-state index contributed by atoms with van der Waals surface area (Å²) < 4.78 is 43.4. The van der Waals surface area contributed by atoms with E-state index in [2.05, 4.69) is 41.7 Å². The Labute approximate surface area is 86.6 Å². The molecule has 0 amide bonds. The molecule has 88 valence electrons. The zero-order chi connectivity index (χ0) is 11.9. The van der Waals surface area contributed by atoms with Gasteiger partial charge in [0.1, 0.15) is 12.4 Å². The van der Waals surface area contributed by atoms with Crippen molar-refractivity contribution in [1.82, 2.24) is 4.57 Å². The molecule has 1 aromatic heterocycles. The molecule has 0 bridgehead atoms. The van der Waals surface area contributed by atoms with Gasteiger partial charge in [-0.05, 0) is 13.3 Å². The Kier molecular flexibility index (Phi) is 6.04. The van der Waals surface area contributed by atoms with Crippen molar-refractivity contribution >= 4 is 7.25 Å². The first-order chi connectivity index (χ1) is 6.86. The second-order valence-electron chi connectivity index (χ2n) is 2.98. The molecule has 0 unspecified atom stereocenters. The van der Waals surface area contributed by atoms with Crippen LogP contribution in [-0.4, -0.2) is 11.8 Å². The number of hydrogen-bond donors (Lipinski definition) is 0. The van der Waals surface area contributed by atoms with Gasteiger partial charge in [-0.3, -0.25) is 0 Å². The van der Waals surface area contributed by atoms with E-state index >= 15 is 0 Å². The summed E-state index contributed by atoms with van der Waals surface area (Å²) in [5.41, 5.74) is 0. The summed E-state index contributed by atoms with van der Waals surface area (Å²) in [6, 6.07) is 0. The van der Waals surface area contributed by atoms with Crippen LogP contribution in [0.1, 0.15) is 20.3 Å². The Bertz CT molecular complexity index is 266. The summed E-state index contributed by atoms with van der Waals surface area (Å²) in [6.45, 7) is 6.54. The SMILES string of the molecule is CCCn1cc[n+](CC)c1.F[B-](F)(F)F. The molecule has 0 aliphatic heterocycles. The van der Waals surface area contributed by atoms with Crippen LogP contribution in [0.4, 0.5) is 17.3 Å². The first-order valence-electron chi connectivity index (χ1n) is 4.79. The predicted molar refractivity (Wildman–Crippen MR) is 50.8 cm³/mol. The molecule has 0 aliphatic rings. The first-order valence-corrected chi connectivity index (χ1v) is 4.79. The van der Waals surface area contributed by atoms with Gasteiger partial charge in [0.2, 0.25) is 6.33 Å². The van der Waals surface area contributed by atoms with Crippen LogP contribution < -0.4 is 4.57 Å². The largest absolute Gasteiger partial charge is 0.673 e. The zero-order valence-corrected chi connectivity index (χ0v) is 8.84. The minimum atomic E-state index is -6.00. The van der Waals surface area contributed by atoms with E-state index < -0.39 is 7.25 Å². The molecule has 0 fully saturated rings. The molecular formula is C8H15BF4N2. The number of halogens is 4. The van der Waals surface area contributed by atoms with Crippen LogP contribution >= 0.6 is 0 Å². The zero-order valence-electron chi connectivity index (χ0n) is 8.84. The first kappa shape index (κ1) is 14.0. The van der Waals surface area contributed by atoms with Crippen LogP contribution in [0.15, 0.2) is 18.7 Å². The van der Waals surface area contributed by atoms with Crippen molar-refractivity contribution in [2.24, 2.45) is 0 Å². The summed E-state index contributed by atoms with van der Waals surface area (Å²) in [5.74, 6) is 0. The lowest BCUT2D eigenvalue weighted by Gasteiger charge is -1.94. The predicted octanol–water partition coefficient (Wildman–Crippen LogP) is 2.51. The Balaban J connectivity index is 0.000000336. The second kappa shape index (κ2) is 6.47. The molecule has 0 aromatic carbocycles. The van der Waals surface area contributed by atoms with E-state index in [1.807, 2.05) is 0 Å². The highest BCUT2D eigenvalue weighted by atomic mass is 19.5. The monoisotopic (exact) mass is 226 g/mol. The molecule has 0 saturated heterocycles. The van der Waals surface area contributed by atoms with E-state index in [1.54, 1.807) is 0 Å². The standard InChI is InChI=1S/C8H15N2.BF4/c1-3-5-10-7-6-9(4-2)8-10;2-1(3,4)5/h6-8H,3-5H2,1-2H3;/q+1;-1. The number of hydrogen-bond acceptors (Lipinski definition) is 0. The van der Waals surface area contributed by atoms with Crippen LogP contribution in [-0.2, 0) is 13.1 Å². The molecule has 1 heterocycles. The van der Waals surface area contributed by atoms with E-state index in [0.29, 0.717) is 0 Å². The van der Waals surface area contributed by atoms with Crippen molar-refractivity contribution in [3.8, 4) is 0 Å². The van der Waals surface area contributed by atoms with Gasteiger partial charge in [-0.25, -0.2) is 9.13 Å². The van der Waals surface area contributed by atoms with Gasteiger partial charge in [0.25, 0.3) is 0 Å².